The molecule has 1 atom stereocenters. The van der Waals surface area contributed by atoms with Gasteiger partial charge in [0.1, 0.15) is 18.3 Å². The maximum atomic E-state index is 14.3. The van der Waals surface area contributed by atoms with Crippen molar-refractivity contribution in [3.05, 3.63) is 77.9 Å². The zero-order chi connectivity index (χ0) is 32.7. The first-order valence-corrected chi connectivity index (χ1v) is 15.7. The molecule has 0 fully saturated rings. The van der Waals surface area contributed by atoms with E-state index in [4.69, 9.17) is 14.2 Å². The van der Waals surface area contributed by atoms with Crippen LogP contribution in [-0.2, 0) is 26.2 Å². The van der Waals surface area contributed by atoms with Crippen LogP contribution in [0.5, 0.6) is 17.2 Å². The van der Waals surface area contributed by atoms with E-state index in [2.05, 4.69) is 5.32 Å². The number of carbonyl (C=O) groups is 2. The first-order chi connectivity index (χ1) is 20.7. The minimum absolute atomic E-state index is 0.0184. The van der Waals surface area contributed by atoms with Gasteiger partial charge < -0.3 is 24.4 Å². The second-order valence-corrected chi connectivity index (χ2v) is 13.3. The monoisotopic (exact) mass is 625 g/mol. The van der Waals surface area contributed by atoms with Gasteiger partial charge in [0, 0.05) is 18.2 Å². The fourth-order valence-electron chi connectivity index (χ4n) is 4.65. The van der Waals surface area contributed by atoms with Gasteiger partial charge in [0.05, 0.1) is 31.9 Å². The number of nitrogens with zero attached hydrogens (tertiary/aromatic N) is 2. The van der Waals surface area contributed by atoms with Crippen LogP contribution < -0.4 is 23.8 Å². The van der Waals surface area contributed by atoms with Gasteiger partial charge in [-0.25, -0.2) is 8.42 Å². The van der Waals surface area contributed by atoms with Gasteiger partial charge in [-0.1, -0.05) is 36.8 Å². The van der Waals surface area contributed by atoms with E-state index >= 15 is 0 Å². The van der Waals surface area contributed by atoms with Crippen LogP contribution in [0.25, 0.3) is 0 Å². The number of hydrogen-bond acceptors (Lipinski definition) is 7. The van der Waals surface area contributed by atoms with Crippen LogP contribution in [0.2, 0.25) is 0 Å². The summed E-state index contributed by atoms with van der Waals surface area (Å²) in [6, 6.07) is 17.3. The van der Waals surface area contributed by atoms with Crippen molar-refractivity contribution in [2.45, 2.75) is 64.1 Å². The fraction of sp³-hybridized carbons (Fsp3) is 0.394. The van der Waals surface area contributed by atoms with Crippen LogP contribution >= 0.6 is 0 Å². The van der Waals surface area contributed by atoms with Gasteiger partial charge in [-0.15, -0.1) is 0 Å². The molecule has 0 bridgehead atoms. The first kappa shape index (κ1) is 34.2. The van der Waals surface area contributed by atoms with Crippen molar-refractivity contribution in [2.75, 3.05) is 32.2 Å². The lowest BCUT2D eigenvalue weighted by molar-refractivity contribution is -0.141. The van der Waals surface area contributed by atoms with Gasteiger partial charge in [-0.2, -0.15) is 0 Å². The third kappa shape index (κ3) is 8.43. The average Bonchev–Trinajstić information content (AvgIpc) is 2.98. The molecule has 2 amide bonds. The van der Waals surface area contributed by atoms with Gasteiger partial charge in [-0.3, -0.25) is 13.9 Å². The Hall–Kier alpha value is -4.25. The molecule has 0 spiro atoms. The number of benzene rings is 3. The topological polar surface area (TPSA) is 114 Å². The summed E-state index contributed by atoms with van der Waals surface area (Å²) in [4.78, 5) is 29.2. The van der Waals surface area contributed by atoms with Crippen LogP contribution in [0.3, 0.4) is 0 Å². The van der Waals surface area contributed by atoms with E-state index in [9.17, 15) is 18.0 Å². The van der Waals surface area contributed by atoms with Crippen molar-refractivity contribution in [3.8, 4) is 17.2 Å². The molecule has 3 aromatic rings. The lowest BCUT2D eigenvalue weighted by Crippen LogP contribution is -2.55. The molecular formula is C33H43N3O7S. The molecule has 11 heteroatoms. The number of anilines is 1. The van der Waals surface area contributed by atoms with Crippen LogP contribution in [0, 0.1) is 6.92 Å². The number of amides is 2. The van der Waals surface area contributed by atoms with E-state index < -0.39 is 34.1 Å². The highest BCUT2D eigenvalue weighted by atomic mass is 32.2. The average molecular weight is 626 g/mol. The summed E-state index contributed by atoms with van der Waals surface area (Å²) >= 11 is 0. The van der Waals surface area contributed by atoms with Gasteiger partial charge in [0.2, 0.25) is 11.8 Å². The van der Waals surface area contributed by atoms with E-state index in [1.165, 1.54) is 37.3 Å². The number of nitrogens with one attached hydrogen (secondary N) is 1. The van der Waals surface area contributed by atoms with Crippen LogP contribution in [0.15, 0.2) is 71.6 Å². The van der Waals surface area contributed by atoms with E-state index in [0.29, 0.717) is 23.7 Å². The second kappa shape index (κ2) is 14.5. The normalized spacial score (nSPS) is 12.2. The SMILES string of the molecule is CC[C@H](C(=O)NC(C)(C)C)N(Cc1ccc(OC)cc1)C(=O)CN(c1ccc(OC)c(OC)c1)S(=O)(=O)c1ccc(C)cc1. The Kier molecular flexibility index (Phi) is 11.3. The number of hydrogen-bond donors (Lipinski definition) is 1. The Morgan fingerprint density at radius 1 is 0.864 bits per heavy atom. The van der Waals surface area contributed by atoms with Crippen LogP contribution in [0.1, 0.15) is 45.2 Å². The zero-order valence-electron chi connectivity index (χ0n) is 26.7. The third-order valence-corrected chi connectivity index (χ3v) is 8.73. The Labute approximate surface area is 261 Å². The van der Waals surface area contributed by atoms with Gasteiger partial charge >= 0.3 is 0 Å². The molecule has 0 unspecified atom stereocenters. The Bertz CT molecular complexity index is 1530. The number of ether oxygens (including phenoxy) is 3. The van der Waals surface area contributed by atoms with Crippen LogP contribution in [-0.4, -0.2) is 64.6 Å². The third-order valence-electron chi connectivity index (χ3n) is 6.94. The smallest absolute Gasteiger partial charge is 0.264 e. The molecule has 0 saturated carbocycles. The number of rotatable bonds is 13. The van der Waals surface area contributed by atoms with E-state index in [1.54, 1.807) is 43.5 Å². The molecule has 0 aromatic heterocycles. The molecule has 0 heterocycles. The van der Waals surface area contributed by atoms with E-state index in [-0.39, 0.29) is 23.0 Å². The lowest BCUT2D eigenvalue weighted by Gasteiger charge is -2.35. The molecule has 238 valence electrons. The molecule has 3 aromatic carbocycles. The molecule has 44 heavy (non-hydrogen) atoms. The molecule has 0 aliphatic heterocycles. The Balaban J connectivity index is 2.12. The summed E-state index contributed by atoms with van der Waals surface area (Å²) in [5, 5.41) is 2.97. The van der Waals surface area contributed by atoms with Crippen molar-refractivity contribution in [1.29, 1.82) is 0 Å². The Morgan fingerprint density at radius 2 is 1.48 bits per heavy atom. The standard InChI is InChI=1S/C33H43N3O7S/c1-9-28(32(38)34-33(3,4)5)35(21-24-12-15-26(41-6)16-13-24)31(37)22-36(25-14-19-29(42-7)30(20-25)43-8)44(39,40)27-17-10-23(2)11-18-27/h10-20,28H,9,21-22H2,1-8H3,(H,34,38)/t28-/m1/s1. The maximum absolute atomic E-state index is 14.3. The summed E-state index contributed by atoms with van der Waals surface area (Å²) in [7, 11) is 0.251. The number of sulfonamides is 1. The zero-order valence-corrected chi connectivity index (χ0v) is 27.5. The van der Waals surface area contributed by atoms with Crippen molar-refractivity contribution in [2.24, 2.45) is 0 Å². The lowest BCUT2D eigenvalue weighted by atomic mass is 10.1. The van der Waals surface area contributed by atoms with Crippen molar-refractivity contribution in [3.63, 3.8) is 0 Å². The number of aryl methyl sites for hydroxylation is 1. The van der Waals surface area contributed by atoms with Crippen LogP contribution in [0.4, 0.5) is 5.69 Å². The predicted molar refractivity (Wildman–Crippen MR) is 171 cm³/mol. The fourth-order valence-corrected chi connectivity index (χ4v) is 6.05. The highest BCUT2D eigenvalue weighted by molar-refractivity contribution is 7.92. The summed E-state index contributed by atoms with van der Waals surface area (Å²) in [6.07, 6.45) is 0.310. The molecule has 0 aliphatic carbocycles. The highest BCUT2D eigenvalue weighted by Gasteiger charge is 2.35. The maximum Gasteiger partial charge on any atom is 0.264 e. The quantitative estimate of drug-likeness (QED) is 0.286. The molecule has 1 N–H and O–H groups in total. The molecule has 0 aliphatic rings. The molecule has 0 saturated heterocycles. The van der Waals surface area contributed by atoms with Gasteiger partial charge in [-0.05, 0) is 76.1 Å². The second-order valence-electron chi connectivity index (χ2n) is 11.4. The van der Waals surface area contributed by atoms with Crippen molar-refractivity contribution in [1.82, 2.24) is 10.2 Å². The van der Waals surface area contributed by atoms with Gasteiger partial charge in [0.15, 0.2) is 11.5 Å². The highest BCUT2D eigenvalue weighted by Crippen LogP contribution is 2.34. The van der Waals surface area contributed by atoms with Gasteiger partial charge in [0.25, 0.3) is 10.0 Å². The summed E-state index contributed by atoms with van der Waals surface area (Å²) in [6.45, 7) is 8.76. The molecular weight excluding hydrogens is 582 g/mol. The molecule has 0 radical (unpaired) electrons. The minimum Gasteiger partial charge on any atom is -0.497 e. The summed E-state index contributed by atoms with van der Waals surface area (Å²) in [5.74, 6) is 0.463. The largest absolute Gasteiger partial charge is 0.497 e. The Morgan fingerprint density at radius 3 is 2.00 bits per heavy atom. The summed E-state index contributed by atoms with van der Waals surface area (Å²) < 4.78 is 45.4. The molecule has 10 nitrogen and oxygen atoms in total. The molecule has 3 rings (SSSR count). The predicted octanol–water partition coefficient (Wildman–Crippen LogP) is 4.94. The minimum atomic E-state index is -4.23. The van der Waals surface area contributed by atoms with E-state index in [1.807, 2.05) is 46.8 Å². The number of methoxy groups -OCH3 is 3. The van der Waals surface area contributed by atoms with Crippen molar-refractivity contribution < 1.29 is 32.2 Å². The van der Waals surface area contributed by atoms with E-state index in [0.717, 1.165) is 15.4 Å². The van der Waals surface area contributed by atoms with Crippen molar-refractivity contribution >= 4 is 27.5 Å². The first-order valence-electron chi connectivity index (χ1n) is 14.3. The number of carbonyl (C=O) groups excluding carboxylic acids is 2. The summed E-state index contributed by atoms with van der Waals surface area (Å²) in [5.41, 5.74) is 1.30.